The molecule has 5 rings (SSSR count). The molecule has 2 aromatic heterocycles. The highest BCUT2D eigenvalue weighted by atomic mass is 35.5. The van der Waals surface area contributed by atoms with Gasteiger partial charge in [0.15, 0.2) is 5.82 Å². The number of ether oxygens (including phenoxy) is 1. The van der Waals surface area contributed by atoms with Gasteiger partial charge in [-0.2, -0.15) is 10.1 Å². The quantitative estimate of drug-likeness (QED) is 0.455. The van der Waals surface area contributed by atoms with Gasteiger partial charge in [0.05, 0.1) is 5.52 Å². The summed E-state index contributed by atoms with van der Waals surface area (Å²) in [6, 6.07) is 7.96. The third-order valence-corrected chi connectivity index (χ3v) is 6.52. The van der Waals surface area contributed by atoms with Gasteiger partial charge in [0.25, 0.3) is 0 Å². The lowest BCUT2D eigenvalue weighted by Crippen LogP contribution is -2.51. The normalized spacial score (nSPS) is 22.1. The van der Waals surface area contributed by atoms with Crippen LogP contribution in [0.3, 0.4) is 0 Å². The average molecular weight is 484 g/mol. The van der Waals surface area contributed by atoms with Gasteiger partial charge >= 0.3 is 6.09 Å². The summed E-state index contributed by atoms with van der Waals surface area (Å²) in [5.74, 6) is 1.87. The minimum absolute atomic E-state index is 0.158. The Kier molecular flexibility index (Phi) is 5.75. The highest BCUT2D eigenvalue weighted by Crippen LogP contribution is 2.38. The summed E-state index contributed by atoms with van der Waals surface area (Å²) in [5.41, 5.74) is 1.20. The van der Waals surface area contributed by atoms with Crippen LogP contribution in [0.25, 0.3) is 10.9 Å². The van der Waals surface area contributed by atoms with Crippen LogP contribution in [0.15, 0.2) is 24.3 Å². The number of benzene rings is 1. The first kappa shape index (κ1) is 22.7. The zero-order valence-corrected chi connectivity index (χ0v) is 20.6. The molecule has 3 N–H and O–H groups in total. The lowest BCUT2D eigenvalue weighted by molar-refractivity contribution is 0.00682. The fourth-order valence-electron chi connectivity index (χ4n) is 4.96. The molecule has 1 unspecified atom stereocenters. The SMILES string of the molecule is Cc1cc(Nc2nc(NC3C[C@H]4CC[C@@H](C3)N4C(=O)OC(C)(C)C)nc3cc(Cl)ccc23)n[nH]1. The van der Waals surface area contributed by atoms with E-state index in [2.05, 4.69) is 20.8 Å². The summed E-state index contributed by atoms with van der Waals surface area (Å²) in [5, 5.41) is 15.5. The van der Waals surface area contributed by atoms with Gasteiger partial charge in [-0.3, -0.25) is 5.10 Å². The first-order valence-electron chi connectivity index (χ1n) is 11.7. The molecule has 180 valence electrons. The first-order chi connectivity index (χ1) is 16.1. The van der Waals surface area contributed by atoms with E-state index < -0.39 is 5.60 Å². The van der Waals surface area contributed by atoms with Crippen LogP contribution in [0.4, 0.5) is 22.4 Å². The van der Waals surface area contributed by atoms with Gasteiger partial charge in [-0.25, -0.2) is 9.78 Å². The van der Waals surface area contributed by atoms with Gasteiger partial charge < -0.3 is 20.3 Å². The van der Waals surface area contributed by atoms with Gasteiger partial charge in [0.1, 0.15) is 11.4 Å². The van der Waals surface area contributed by atoms with Crippen molar-refractivity contribution >= 4 is 46.2 Å². The van der Waals surface area contributed by atoms with Crippen LogP contribution in [-0.4, -0.2) is 54.9 Å². The largest absolute Gasteiger partial charge is 0.444 e. The predicted octanol–water partition coefficient (Wildman–Crippen LogP) is 5.40. The van der Waals surface area contributed by atoms with Crippen molar-refractivity contribution in [3.8, 4) is 0 Å². The van der Waals surface area contributed by atoms with Crippen LogP contribution in [-0.2, 0) is 4.74 Å². The fourth-order valence-corrected chi connectivity index (χ4v) is 5.12. The zero-order chi connectivity index (χ0) is 24.0. The van der Waals surface area contributed by atoms with Gasteiger partial charge in [0.2, 0.25) is 5.95 Å². The third-order valence-electron chi connectivity index (χ3n) is 6.28. The molecule has 1 aromatic carbocycles. The molecule has 2 bridgehead atoms. The topological polar surface area (TPSA) is 108 Å². The molecule has 34 heavy (non-hydrogen) atoms. The van der Waals surface area contributed by atoms with E-state index in [9.17, 15) is 4.79 Å². The molecule has 3 atom stereocenters. The van der Waals surface area contributed by atoms with E-state index in [0.717, 1.165) is 42.3 Å². The number of hydrogen-bond donors (Lipinski definition) is 3. The lowest BCUT2D eigenvalue weighted by Gasteiger charge is -2.39. The highest BCUT2D eigenvalue weighted by molar-refractivity contribution is 6.31. The number of rotatable bonds is 4. The molecule has 2 aliphatic heterocycles. The summed E-state index contributed by atoms with van der Waals surface area (Å²) >= 11 is 6.25. The minimum atomic E-state index is -0.498. The van der Waals surface area contributed by atoms with Crippen LogP contribution >= 0.6 is 11.6 Å². The van der Waals surface area contributed by atoms with Gasteiger partial charge in [-0.15, -0.1) is 0 Å². The van der Waals surface area contributed by atoms with Crippen LogP contribution < -0.4 is 10.6 Å². The van der Waals surface area contributed by atoms with E-state index in [1.54, 1.807) is 0 Å². The second-order valence-corrected chi connectivity index (χ2v) is 10.6. The monoisotopic (exact) mass is 483 g/mol. The Morgan fingerprint density at radius 1 is 1.18 bits per heavy atom. The predicted molar refractivity (Wildman–Crippen MR) is 133 cm³/mol. The fraction of sp³-hybridized carbons (Fsp3) is 0.500. The number of hydrogen-bond acceptors (Lipinski definition) is 7. The summed E-state index contributed by atoms with van der Waals surface area (Å²) in [6.07, 6.45) is 3.42. The van der Waals surface area contributed by atoms with Crippen molar-refractivity contribution in [2.24, 2.45) is 0 Å². The van der Waals surface area contributed by atoms with E-state index in [4.69, 9.17) is 26.3 Å². The Labute approximate surface area is 203 Å². The molecular formula is C24H30ClN7O2. The lowest BCUT2D eigenvalue weighted by atomic mass is 9.98. The number of aromatic amines is 1. The van der Waals surface area contributed by atoms with Gasteiger partial charge in [0, 0.05) is 40.3 Å². The second-order valence-electron chi connectivity index (χ2n) is 10.2. The van der Waals surface area contributed by atoms with Gasteiger partial charge in [-0.05, 0) is 71.6 Å². The van der Waals surface area contributed by atoms with Crippen LogP contribution in [0.5, 0.6) is 0 Å². The maximum absolute atomic E-state index is 12.8. The molecule has 1 amide bonds. The van der Waals surface area contributed by atoms with Crippen LogP contribution in [0, 0.1) is 6.92 Å². The number of anilines is 3. The number of halogens is 1. The van der Waals surface area contributed by atoms with E-state index >= 15 is 0 Å². The molecule has 9 nitrogen and oxygen atoms in total. The molecule has 3 aromatic rings. The van der Waals surface area contributed by atoms with Crippen molar-refractivity contribution in [2.75, 3.05) is 10.6 Å². The number of nitrogens with zero attached hydrogens (tertiary/aromatic N) is 4. The molecule has 0 spiro atoms. The van der Waals surface area contributed by atoms with E-state index in [0.29, 0.717) is 22.6 Å². The summed E-state index contributed by atoms with van der Waals surface area (Å²) in [4.78, 5) is 24.2. The van der Waals surface area contributed by atoms with E-state index in [1.807, 2.05) is 56.9 Å². The Morgan fingerprint density at radius 3 is 2.56 bits per heavy atom. The zero-order valence-electron chi connectivity index (χ0n) is 19.9. The third kappa shape index (κ3) is 4.75. The van der Waals surface area contributed by atoms with E-state index in [1.165, 1.54) is 0 Å². The van der Waals surface area contributed by atoms with Crippen LogP contribution in [0.2, 0.25) is 5.02 Å². The molecule has 0 aliphatic carbocycles. The Balaban J connectivity index is 1.37. The molecule has 0 saturated carbocycles. The number of fused-ring (bicyclic) bond motifs is 3. The van der Waals surface area contributed by atoms with Crippen molar-refractivity contribution in [3.05, 3.63) is 35.0 Å². The first-order valence-corrected chi connectivity index (χ1v) is 12.1. The van der Waals surface area contributed by atoms with Crippen molar-refractivity contribution < 1.29 is 9.53 Å². The van der Waals surface area contributed by atoms with Crippen molar-refractivity contribution in [3.63, 3.8) is 0 Å². The summed E-state index contributed by atoms with van der Waals surface area (Å²) < 4.78 is 5.66. The number of carbonyl (C=O) groups is 1. The number of aromatic nitrogens is 4. The van der Waals surface area contributed by atoms with Crippen LogP contribution in [0.1, 0.15) is 52.1 Å². The maximum atomic E-state index is 12.8. The molecular weight excluding hydrogens is 454 g/mol. The number of piperidine rings is 1. The molecule has 0 radical (unpaired) electrons. The van der Waals surface area contributed by atoms with E-state index in [-0.39, 0.29) is 24.2 Å². The van der Waals surface area contributed by atoms with Crippen molar-refractivity contribution in [1.82, 2.24) is 25.1 Å². The van der Waals surface area contributed by atoms with Crippen molar-refractivity contribution in [2.45, 2.75) is 77.1 Å². The Bertz CT molecular complexity index is 1210. The molecule has 2 fully saturated rings. The van der Waals surface area contributed by atoms with Gasteiger partial charge in [-0.1, -0.05) is 11.6 Å². The minimum Gasteiger partial charge on any atom is -0.444 e. The molecule has 2 saturated heterocycles. The molecule has 2 aliphatic rings. The Hall–Kier alpha value is -3.07. The second kappa shape index (κ2) is 8.61. The maximum Gasteiger partial charge on any atom is 0.410 e. The molecule has 10 heteroatoms. The summed E-state index contributed by atoms with van der Waals surface area (Å²) in [7, 11) is 0. The number of carbonyl (C=O) groups excluding carboxylic acids is 1. The molecule has 4 heterocycles. The number of aryl methyl sites for hydroxylation is 1. The standard InChI is InChI=1S/C24H30ClN7O2/c1-13-9-20(31-30-13)28-21-18-8-5-14(25)10-19(18)27-22(29-21)26-15-11-16-6-7-17(12-15)32(16)23(33)34-24(2,3)4/h5,8-10,15-17H,6-7,11-12H2,1-4H3,(H3,26,27,28,29,30,31)/t15?,16-,17+. The number of nitrogens with one attached hydrogen (secondary N) is 3. The number of amides is 1. The number of H-pyrrole nitrogens is 1. The average Bonchev–Trinajstić information content (AvgIpc) is 3.26. The smallest absolute Gasteiger partial charge is 0.410 e. The Morgan fingerprint density at radius 2 is 1.91 bits per heavy atom. The van der Waals surface area contributed by atoms with Crippen molar-refractivity contribution in [1.29, 1.82) is 0 Å². The summed E-state index contributed by atoms with van der Waals surface area (Å²) in [6.45, 7) is 7.65. The highest BCUT2D eigenvalue weighted by Gasteiger charge is 2.45.